The van der Waals surface area contributed by atoms with E-state index in [2.05, 4.69) is 13.8 Å². The molecular formula is C27H42O6. The van der Waals surface area contributed by atoms with Crippen molar-refractivity contribution in [2.24, 2.45) is 40.4 Å². The molecule has 5 fully saturated rings. The SMILES string of the molecule is CC12CCC3C(C(O)CC4CC(O)CCC43C)C1CCC2CCC(=O)OC1CCOC(=O)C1. The molecule has 5 aliphatic rings. The lowest BCUT2D eigenvalue weighted by atomic mass is 9.44. The topological polar surface area (TPSA) is 93.1 Å². The second-order valence-corrected chi connectivity index (χ2v) is 12.4. The maximum absolute atomic E-state index is 12.5. The molecule has 1 saturated heterocycles. The van der Waals surface area contributed by atoms with Gasteiger partial charge in [-0.15, -0.1) is 0 Å². The molecule has 4 saturated carbocycles. The van der Waals surface area contributed by atoms with Crippen LogP contribution in [0.4, 0.5) is 0 Å². The zero-order valence-corrected chi connectivity index (χ0v) is 20.3. The molecule has 4 aliphatic carbocycles. The Hall–Kier alpha value is -1.14. The minimum absolute atomic E-state index is 0.173. The average Bonchev–Trinajstić information content (AvgIpc) is 3.10. The van der Waals surface area contributed by atoms with Crippen molar-refractivity contribution in [2.45, 2.75) is 109 Å². The fourth-order valence-electron chi connectivity index (χ4n) is 9.07. The van der Waals surface area contributed by atoms with Gasteiger partial charge in [-0.3, -0.25) is 9.59 Å². The molecule has 5 rings (SSSR count). The van der Waals surface area contributed by atoms with Crippen molar-refractivity contribution < 1.29 is 29.3 Å². The number of fused-ring (bicyclic) bond motifs is 5. The van der Waals surface area contributed by atoms with Crippen LogP contribution in [-0.4, -0.2) is 47.1 Å². The van der Waals surface area contributed by atoms with Crippen LogP contribution >= 0.6 is 0 Å². The molecule has 33 heavy (non-hydrogen) atoms. The van der Waals surface area contributed by atoms with E-state index in [-0.39, 0.29) is 47.5 Å². The number of esters is 2. The summed E-state index contributed by atoms with van der Waals surface area (Å²) >= 11 is 0. The molecule has 6 nitrogen and oxygen atoms in total. The number of aliphatic hydroxyl groups is 2. The average molecular weight is 463 g/mol. The predicted molar refractivity (Wildman–Crippen MR) is 122 cm³/mol. The van der Waals surface area contributed by atoms with E-state index in [4.69, 9.17) is 9.47 Å². The number of rotatable bonds is 4. The first-order chi connectivity index (χ1) is 15.7. The maximum Gasteiger partial charge on any atom is 0.309 e. The van der Waals surface area contributed by atoms with Gasteiger partial charge in [0, 0.05) is 12.8 Å². The predicted octanol–water partition coefficient (Wildman–Crippen LogP) is 4.01. The third kappa shape index (κ3) is 4.13. The smallest absolute Gasteiger partial charge is 0.309 e. The Morgan fingerprint density at radius 3 is 2.58 bits per heavy atom. The van der Waals surface area contributed by atoms with Crippen LogP contribution in [0.2, 0.25) is 0 Å². The first-order valence-corrected chi connectivity index (χ1v) is 13.4. The van der Waals surface area contributed by atoms with Crippen molar-refractivity contribution in [3.63, 3.8) is 0 Å². The standard InChI is InChI=1S/C27H42O6/c1-26-11-8-21-25(22(29)14-17-13-18(28)7-10-27(17,21)2)20(26)5-3-16(26)4-6-23(30)33-19-9-12-32-24(31)15-19/h16-22,25,28-29H,3-15H2,1-2H3. The van der Waals surface area contributed by atoms with Crippen molar-refractivity contribution in [3.05, 3.63) is 0 Å². The maximum atomic E-state index is 12.5. The summed E-state index contributed by atoms with van der Waals surface area (Å²) < 4.78 is 10.5. The summed E-state index contributed by atoms with van der Waals surface area (Å²) in [4.78, 5) is 24.0. The molecule has 0 bridgehead atoms. The van der Waals surface area contributed by atoms with E-state index in [9.17, 15) is 19.8 Å². The third-order valence-corrected chi connectivity index (χ3v) is 10.9. The Labute approximate surface area is 197 Å². The molecular weight excluding hydrogens is 420 g/mol. The van der Waals surface area contributed by atoms with Crippen LogP contribution in [0.5, 0.6) is 0 Å². The van der Waals surface area contributed by atoms with Gasteiger partial charge in [0.2, 0.25) is 0 Å². The van der Waals surface area contributed by atoms with Gasteiger partial charge in [0.15, 0.2) is 0 Å². The molecule has 10 atom stereocenters. The summed E-state index contributed by atoms with van der Waals surface area (Å²) in [5.41, 5.74) is 0.419. The van der Waals surface area contributed by atoms with Crippen molar-refractivity contribution in [2.75, 3.05) is 6.61 Å². The van der Waals surface area contributed by atoms with Crippen molar-refractivity contribution in [1.29, 1.82) is 0 Å². The number of aliphatic hydroxyl groups excluding tert-OH is 2. The lowest BCUT2D eigenvalue weighted by molar-refractivity contribution is -0.173. The van der Waals surface area contributed by atoms with E-state index in [0.29, 0.717) is 49.0 Å². The Bertz CT molecular complexity index is 768. The Morgan fingerprint density at radius 1 is 1.03 bits per heavy atom. The van der Waals surface area contributed by atoms with Crippen LogP contribution < -0.4 is 0 Å². The fraction of sp³-hybridized carbons (Fsp3) is 0.926. The number of cyclic esters (lactones) is 1. The van der Waals surface area contributed by atoms with E-state index < -0.39 is 0 Å². The van der Waals surface area contributed by atoms with Crippen molar-refractivity contribution >= 4 is 11.9 Å². The molecule has 0 radical (unpaired) electrons. The minimum Gasteiger partial charge on any atom is -0.465 e. The molecule has 10 unspecified atom stereocenters. The monoisotopic (exact) mass is 462 g/mol. The van der Waals surface area contributed by atoms with E-state index in [1.165, 1.54) is 6.42 Å². The van der Waals surface area contributed by atoms with Gasteiger partial charge in [-0.05, 0) is 98.2 Å². The number of carbonyl (C=O) groups excluding carboxylic acids is 2. The number of hydrogen-bond acceptors (Lipinski definition) is 6. The fourth-order valence-corrected chi connectivity index (χ4v) is 9.07. The zero-order chi connectivity index (χ0) is 23.4. The van der Waals surface area contributed by atoms with E-state index in [1.807, 2.05) is 0 Å². The normalized spacial score (nSPS) is 49.4. The van der Waals surface area contributed by atoms with Gasteiger partial charge in [-0.1, -0.05) is 13.8 Å². The van der Waals surface area contributed by atoms with Crippen molar-refractivity contribution in [3.8, 4) is 0 Å². The first kappa shape index (κ1) is 23.6. The van der Waals surface area contributed by atoms with Crippen LogP contribution in [0.3, 0.4) is 0 Å². The van der Waals surface area contributed by atoms with E-state index in [0.717, 1.165) is 51.4 Å². The minimum atomic E-state index is -0.332. The lowest BCUT2D eigenvalue weighted by Crippen LogP contribution is -2.58. The Kier molecular flexibility index (Phi) is 6.30. The largest absolute Gasteiger partial charge is 0.465 e. The highest BCUT2D eigenvalue weighted by atomic mass is 16.6. The van der Waals surface area contributed by atoms with Gasteiger partial charge in [0.25, 0.3) is 0 Å². The highest BCUT2D eigenvalue weighted by Gasteiger charge is 2.62. The molecule has 2 N–H and O–H groups in total. The summed E-state index contributed by atoms with van der Waals surface area (Å²) in [5.74, 6) is 1.87. The lowest BCUT2D eigenvalue weighted by Gasteiger charge is -2.62. The molecule has 186 valence electrons. The molecule has 0 spiro atoms. The van der Waals surface area contributed by atoms with Crippen LogP contribution in [0, 0.1) is 40.4 Å². The molecule has 1 aliphatic heterocycles. The van der Waals surface area contributed by atoms with Gasteiger partial charge in [0.1, 0.15) is 6.10 Å². The third-order valence-electron chi connectivity index (χ3n) is 10.9. The quantitative estimate of drug-likeness (QED) is 0.614. The molecule has 6 heteroatoms. The summed E-state index contributed by atoms with van der Waals surface area (Å²) in [6, 6.07) is 0. The van der Waals surface area contributed by atoms with Crippen LogP contribution in [0.25, 0.3) is 0 Å². The molecule has 0 amide bonds. The molecule has 0 aromatic carbocycles. The van der Waals surface area contributed by atoms with Crippen LogP contribution in [0.15, 0.2) is 0 Å². The molecule has 0 aromatic rings. The summed E-state index contributed by atoms with van der Waals surface area (Å²) in [5, 5.41) is 21.6. The number of carbonyl (C=O) groups is 2. The van der Waals surface area contributed by atoms with Crippen LogP contribution in [-0.2, 0) is 19.1 Å². The summed E-state index contributed by atoms with van der Waals surface area (Å²) in [7, 11) is 0. The van der Waals surface area contributed by atoms with Crippen LogP contribution in [0.1, 0.15) is 90.9 Å². The van der Waals surface area contributed by atoms with Gasteiger partial charge < -0.3 is 19.7 Å². The zero-order valence-electron chi connectivity index (χ0n) is 20.3. The first-order valence-electron chi connectivity index (χ1n) is 13.4. The summed E-state index contributed by atoms with van der Waals surface area (Å²) in [6.45, 7) is 5.20. The Balaban J connectivity index is 1.23. The number of hydrogen-bond donors (Lipinski definition) is 2. The van der Waals surface area contributed by atoms with Crippen molar-refractivity contribution in [1.82, 2.24) is 0 Å². The number of ether oxygens (including phenoxy) is 2. The highest BCUT2D eigenvalue weighted by Crippen LogP contribution is 2.67. The molecule has 1 heterocycles. The van der Waals surface area contributed by atoms with Gasteiger partial charge >= 0.3 is 11.9 Å². The summed E-state index contributed by atoms with van der Waals surface area (Å²) in [6.07, 6.45) is 9.48. The van der Waals surface area contributed by atoms with Gasteiger partial charge in [-0.2, -0.15) is 0 Å². The Morgan fingerprint density at radius 2 is 1.79 bits per heavy atom. The van der Waals surface area contributed by atoms with Gasteiger partial charge in [0.05, 0.1) is 25.2 Å². The van der Waals surface area contributed by atoms with Gasteiger partial charge in [-0.25, -0.2) is 0 Å². The highest BCUT2D eigenvalue weighted by molar-refractivity contribution is 5.73. The molecule has 0 aromatic heterocycles. The van der Waals surface area contributed by atoms with E-state index in [1.54, 1.807) is 0 Å². The second kappa shape index (κ2) is 8.82. The second-order valence-electron chi connectivity index (χ2n) is 12.4. The van der Waals surface area contributed by atoms with E-state index >= 15 is 0 Å².